The summed E-state index contributed by atoms with van der Waals surface area (Å²) in [5, 5.41) is 0. The molecule has 0 saturated heterocycles. The lowest BCUT2D eigenvalue weighted by molar-refractivity contribution is -0.152. The fourth-order valence-electron chi connectivity index (χ4n) is 8.26. The molecule has 4 rings (SSSR count). The van der Waals surface area contributed by atoms with Crippen molar-refractivity contribution in [1.29, 1.82) is 0 Å². The van der Waals surface area contributed by atoms with Gasteiger partial charge in [-0.25, -0.2) is 0 Å². The minimum Gasteiger partial charge on any atom is -0.465 e. The lowest BCUT2D eigenvalue weighted by Gasteiger charge is -2.57. The maximum atomic E-state index is 12.7. The number of unbranched alkanes of at least 4 members (excludes halogenated alkanes) is 8. The second-order valence-corrected chi connectivity index (χ2v) is 12.4. The summed E-state index contributed by atoms with van der Waals surface area (Å²) >= 11 is 0. The maximum absolute atomic E-state index is 12.7. The van der Waals surface area contributed by atoms with E-state index in [4.69, 9.17) is 4.74 Å². The van der Waals surface area contributed by atoms with Gasteiger partial charge >= 0.3 is 5.97 Å². The van der Waals surface area contributed by atoms with E-state index in [1.165, 1.54) is 50.5 Å². The molecule has 0 heterocycles. The van der Waals surface area contributed by atoms with Gasteiger partial charge in [0.15, 0.2) is 5.78 Å². The van der Waals surface area contributed by atoms with Crippen molar-refractivity contribution in [2.24, 2.45) is 28.6 Å². The number of rotatable bonds is 12. The first-order valence-corrected chi connectivity index (χ1v) is 14.8. The van der Waals surface area contributed by atoms with Crippen molar-refractivity contribution in [3.05, 3.63) is 11.6 Å². The molecule has 0 amide bonds. The number of ether oxygens (including phenoxy) is 1. The summed E-state index contributed by atoms with van der Waals surface area (Å²) in [5.41, 5.74) is 0.900. The summed E-state index contributed by atoms with van der Waals surface area (Å²) in [6.45, 7) is 4.89. The van der Waals surface area contributed by atoms with Crippen LogP contribution in [0.1, 0.15) is 129 Å². The number of ketones is 2. The maximum Gasteiger partial charge on any atom is 0.305 e. The molecule has 4 heteroatoms. The number of hydrogen-bond acceptors (Lipinski definition) is 4. The summed E-state index contributed by atoms with van der Waals surface area (Å²) < 4.78 is 6.00. The van der Waals surface area contributed by atoms with Crippen LogP contribution in [0.5, 0.6) is 0 Å². The molecule has 3 fully saturated rings. The summed E-state index contributed by atoms with van der Waals surface area (Å²) in [6.07, 6.45) is 20.6. The lowest BCUT2D eigenvalue weighted by Crippen LogP contribution is -2.53. The summed E-state index contributed by atoms with van der Waals surface area (Å²) in [4.78, 5) is 37.7. The third kappa shape index (κ3) is 5.62. The van der Waals surface area contributed by atoms with Gasteiger partial charge in [0.05, 0.1) is 0 Å². The second-order valence-electron chi connectivity index (χ2n) is 12.4. The molecule has 0 radical (unpaired) electrons. The summed E-state index contributed by atoms with van der Waals surface area (Å²) in [5.74, 6) is 2.02. The van der Waals surface area contributed by atoms with Crippen molar-refractivity contribution >= 4 is 17.5 Å². The predicted octanol–water partition coefficient (Wildman–Crippen LogP) is 7.53. The molecule has 4 aliphatic rings. The molecule has 4 aliphatic carbocycles. The Labute approximate surface area is 213 Å². The van der Waals surface area contributed by atoms with E-state index in [0.29, 0.717) is 43.0 Å². The zero-order valence-corrected chi connectivity index (χ0v) is 22.4. The Morgan fingerprint density at radius 2 is 1.60 bits per heavy atom. The number of hydrogen-bond donors (Lipinski definition) is 0. The van der Waals surface area contributed by atoms with Crippen LogP contribution < -0.4 is 0 Å². The van der Waals surface area contributed by atoms with Crippen LogP contribution in [-0.2, 0) is 19.1 Å². The molecular weight excluding hydrogens is 436 g/mol. The van der Waals surface area contributed by atoms with Gasteiger partial charge in [0.2, 0.25) is 0 Å². The van der Waals surface area contributed by atoms with Crippen LogP contribution in [0.2, 0.25) is 0 Å². The standard InChI is InChI=1S/C31H48O4/c1-3-4-5-6-7-8-9-10-11-12-29(34)35-22-31-20-17-24(32)21-23(31)13-14-25-26-15-16-28(33)30(26,2)19-18-27(25)31/h21,25-27H,3-20,22H2,1-2H3/t25-,26-,27-,30-,31+/m0/s1. The molecule has 5 atom stereocenters. The molecule has 0 N–H and O–H groups in total. The second kappa shape index (κ2) is 11.7. The molecule has 0 bridgehead atoms. The van der Waals surface area contributed by atoms with Gasteiger partial charge in [-0.05, 0) is 68.8 Å². The molecule has 0 aromatic carbocycles. The van der Waals surface area contributed by atoms with Gasteiger partial charge in [-0.15, -0.1) is 0 Å². The van der Waals surface area contributed by atoms with Crippen LogP contribution in [0, 0.1) is 28.6 Å². The average molecular weight is 485 g/mol. The zero-order valence-electron chi connectivity index (χ0n) is 22.4. The molecule has 0 aliphatic heterocycles. The van der Waals surface area contributed by atoms with Crippen LogP contribution >= 0.6 is 0 Å². The topological polar surface area (TPSA) is 60.4 Å². The van der Waals surface area contributed by atoms with Crippen molar-refractivity contribution in [3.63, 3.8) is 0 Å². The molecule has 196 valence electrons. The lowest BCUT2D eigenvalue weighted by atomic mass is 9.47. The highest BCUT2D eigenvalue weighted by Gasteiger charge is 2.60. The van der Waals surface area contributed by atoms with Crippen LogP contribution in [-0.4, -0.2) is 24.1 Å². The van der Waals surface area contributed by atoms with E-state index in [1.54, 1.807) is 0 Å². The smallest absolute Gasteiger partial charge is 0.305 e. The third-order valence-corrected chi connectivity index (χ3v) is 10.4. The Hall–Kier alpha value is -1.45. The molecule has 0 unspecified atom stereocenters. The van der Waals surface area contributed by atoms with Gasteiger partial charge in [-0.1, -0.05) is 70.8 Å². The molecule has 3 saturated carbocycles. The van der Waals surface area contributed by atoms with Gasteiger partial charge in [0, 0.05) is 30.1 Å². The fourth-order valence-corrected chi connectivity index (χ4v) is 8.26. The van der Waals surface area contributed by atoms with E-state index in [2.05, 4.69) is 13.8 Å². The van der Waals surface area contributed by atoms with Crippen LogP contribution in [0.4, 0.5) is 0 Å². The van der Waals surface area contributed by atoms with Crippen molar-refractivity contribution < 1.29 is 19.1 Å². The Morgan fingerprint density at radius 1 is 0.886 bits per heavy atom. The average Bonchev–Trinajstić information content (AvgIpc) is 3.16. The van der Waals surface area contributed by atoms with Crippen LogP contribution in [0.3, 0.4) is 0 Å². The predicted molar refractivity (Wildman–Crippen MR) is 139 cm³/mol. The first kappa shape index (κ1) is 26.6. The number of Topliss-reactive ketones (excluding diaryl/α,β-unsaturated/α-hetero) is 1. The van der Waals surface area contributed by atoms with Crippen molar-refractivity contribution in [1.82, 2.24) is 0 Å². The fraction of sp³-hybridized carbons (Fsp3) is 0.839. The normalized spacial score (nSPS) is 34.1. The van der Waals surface area contributed by atoms with E-state index in [1.807, 2.05) is 6.08 Å². The van der Waals surface area contributed by atoms with Gasteiger partial charge in [-0.3, -0.25) is 14.4 Å². The Bertz CT molecular complexity index is 813. The Balaban J connectivity index is 1.31. The van der Waals surface area contributed by atoms with E-state index >= 15 is 0 Å². The minimum absolute atomic E-state index is 0.0719. The van der Waals surface area contributed by atoms with E-state index in [9.17, 15) is 14.4 Å². The number of esters is 1. The Kier molecular flexibility index (Phi) is 8.92. The van der Waals surface area contributed by atoms with Gasteiger partial charge in [0.1, 0.15) is 12.4 Å². The minimum atomic E-state index is -0.183. The van der Waals surface area contributed by atoms with E-state index < -0.39 is 0 Å². The molecule has 0 aromatic heterocycles. The van der Waals surface area contributed by atoms with Crippen LogP contribution in [0.25, 0.3) is 0 Å². The molecular formula is C31H48O4. The SMILES string of the molecule is CCCCCCCCCCCC(=O)OC[C@]12CCC(=O)C=C1CC[C@@H]1[C@@H]2CC[C@]2(C)C(=O)CC[C@@H]12. The number of carbonyl (C=O) groups is 3. The highest BCUT2D eigenvalue weighted by atomic mass is 16.5. The van der Waals surface area contributed by atoms with Crippen LogP contribution in [0.15, 0.2) is 11.6 Å². The monoisotopic (exact) mass is 484 g/mol. The van der Waals surface area contributed by atoms with Crippen molar-refractivity contribution in [2.45, 2.75) is 129 Å². The first-order chi connectivity index (χ1) is 16.9. The largest absolute Gasteiger partial charge is 0.465 e. The summed E-state index contributed by atoms with van der Waals surface area (Å²) in [6, 6.07) is 0. The van der Waals surface area contributed by atoms with Gasteiger partial charge < -0.3 is 4.74 Å². The molecule has 0 spiro atoms. The first-order valence-electron chi connectivity index (χ1n) is 14.8. The molecule has 0 aromatic rings. The van der Waals surface area contributed by atoms with E-state index in [0.717, 1.165) is 57.8 Å². The number of carbonyl (C=O) groups excluding carboxylic acids is 3. The number of fused-ring (bicyclic) bond motifs is 5. The van der Waals surface area contributed by atoms with E-state index in [-0.39, 0.29) is 22.6 Å². The van der Waals surface area contributed by atoms with Crippen molar-refractivity contribution in [2.75, 3.05) is 6.61 Å². The molecule has 4 nitrogen and oxygen atoms in total. The zero-order chi connectivity index (χ0) is 24.9. The quantitative estimate of drug-likeness (QED) is 0.212. The highest BCUT2D eigenvalue weighted by molar-refractivity contribution is 5.92. The summed E-state index contributed by atoms with van der Waals surface area (Å²) in [7, 11) is 0. The van der Waals surface area contributed by atoms with Gasteiger partial charge in [0.25, 0.3) is 0 Å². The van der Waals surface area contributed by atoms with Crippen molar-refractivity contribution in [3.8, 4) is 0 Å². The van der Waals surface area contributed by atoms with Gasteiger partial charge in [-0.2, -0.15) is 0 Å². The Morgan fingerprint density at radius 3 is 2.34 bits per heavy atom. The third-order valence-electron chi connectivity index (χ3n) is 10.4. The highest BCUT2D eigenvalue weighted by Crippen LogP contribution is 2.64. The molecule has 35 heavy (non-hydrogen) atoms.